The van der Waals surface area contributed by atoms with E-state index in [-0.39, 0.29) is 0 Å². The molecule has 0 saturated carbocycles. The zero-order valence-corrected chi connectivity index (χ0v) is 22.5. The van der Waals surface area contributed by atoms with Crippen molar-refractivity contribution >= 4 is 15.9 Å². The minimum atomic E-state index is 0.505. The Bertz CT molecular complexity index is 1410. The van der Waals surface area contributed by atoms with Crippen LogP contribution in [0.5, 0.6) is 0 Å². The zero-order valence-electron chi connectivity index (χ0n) is 20.9. The normalized spacial score (nSPS) is 10.6. The predicted molar refractivity (Wildman–Crippen MR) is 154 cm³/mol. The molecule has 4 rings (SSSR count). The molecular formula is C33H30BrN3. The monoisotopic (exact) mass is 547 g/mol. The van der Waals surface area contributed by atoms with Gasteiger partial charge >= 0.3 is 0 Å². The molecule has 3 nitrogen and oxygen atoms in total. The average molecular weight is 549 g/mol. The Kier molecular flexibility index (Phi) is 9.67. The van der Waals surface area contributed by atoms with Gasteiger partial charge in [0.05, 0.1) is 17.7 Å². The van der Waals surface area contributed by atoms with Crippen molar-refractivity contribution in [2.24, 2.45) is 0 Å². The topological polar surface area (TPSA) is 59.6 Å². The number of hydrogen-bond acceptors (Lipinski definition) is 3. The van der Waals surface area contributed by atoms with Crippen LogP contribution in [0.4, 0.5) is 0 Å². The van der Waals surface area contributed by atoms with Crippen LogP contribution in [-0.2, 0) is 32.2 Å². The molecule has 4 aromatic carbocycles. The molecule has 184 valence electrons. The summed E-state index contributed by atoms with van der Waals surface area (Å²) in [6.45, 7) is 1.44. The summed E-state index contributed by atoms with van der Waals surface area (Å²) in [5.41, 5.74) is 9.52. The second-order valence-corrected chi connectivity index (χ2v) is 9.94. The van der Waals surface area contributed by atoms with Gasteiger partial charge in [0.2, 0.25) is 0 Å². The molecule has 0 saturated heterocycles. The van der Waals surface area contributed by atoms with Crippen molar-refractivity contribution in [1.29, 1.82) is 10.5 Å². The highest BCUT2D eigenvalue weighted by Crippen LogP contribution is 2.31. The Morgan fingerprint density at radius 2 is 1.43 bits per heavy atom. The maximum atomic E-state index is 9.24. The lowest BCUT2D eigenvalue weighted by Gasteiger charge is -2.14. The fourth-order valence-corrected chi connectivity index (χ4v) is 5.27. The third-order valence-electron chi connectivity index (χ3n) is 6.59. The van der Waals surface area contributed by atoms with Crippen LogP contribution in [0.3, 0.4) is 0 Å². The first-order chi connectivity index (χ1) is 18.2. The number of benzene rings is 4. The van der Waals surface area contributed by atoms with Crippen molar-refractivity contribution in [3.05, 3.63) is 129 Å². The minimum absolute atomic E-state index is 0.505. The maximum Gasteiger partial charge on any atom is 0.0991 e. The highest BCUT2D eigenvalue weighted by molar-refractivity contribution is 9.10. The van der Waals surface area contributed by atoms with Gasteiger partial charge in [0.1, 0.15) is 0 Å². The lowest BCUT2D eigenvalue weighted by atomic mass is 9.94. The van der Waals surface area contributed by atoms with Crippen LogP contribution in [0.15, 0.2) is 95.5 Å². The highest BCUT2D eigenvalue weighted by atomic mass is 79.9. The molecule has 37 heavy (non-hydrogen) atoms. The van der Waals surface area contributed by atoms with Crippen molar-refractivity contribution in [2.75, 3.05) is 6.54 Å². The van der Waals surface area contributed by atoms with Gasteiger partial charge < -0.3 is 5.32 Å². The van der Waals surface area contributed by atoms with E-state index in [1.54, 1.807) is 0 Å². The summed E-state index contributed by atoms with van der Waals surface area (Å²) in [4.78, 5) is 0. The third-order valence-corrected chi connectivity index (χ3v) is 7.52. The lowest BCUT2D eigenvalue weighted by molar-refractivity contribution is 0.692. The zero-order chi connectivity index (χ0) is 25.9. The molecule has 0 heterocycles. The summed E-state index contributed by atoms with van der Waals surface area (Å²) in [6.07, 6.45) is 4.20. The van der Waals surface area contributed by atoms with E-state index in [1.807, 2.05) is 24.3 Å². The van der Waals surface area contributed by atoms with E-state index in [1.165, 1.54) is 38.9 Å². The molecule has 0 radical (unpaired) electrons. The van der Waals surface area contributed by atoms with E-state index in [2.05, 4.69) is 100 Å². The van der Waals surface area contributed by atoms with Gasteiger partial charge in [-0.05, 0) is 92.7 Å². The SMILES string of the molecule is N#CCCNCc1ccc(CCc2cccc(-c3ccccc3)c2Br)cc1CCc1cccc(C#N)c1. The molecule has 4 aromatic rings. The highest BCUT2D eigenvalue weighted by Gasteiger charge is 2.10. The molecule has 0 spiro atoms. The molecule has 0 atom stereocenters. The second-order valence-electron chi connectivity index (χ2n) is 9.14. The van der Waals surface area contributed by atoms with Crippen molar-refractivity contribution in [3.8, 4) is 23.3 Å². The Morgan fingerprint density at radius 3 is 2.22 bits per heavy atom. The first-order valence-corrected chi connectivity index (χ1v) is 13.5. The first kappa shape index (κ1) is 26.4. The Hall–Kier alpha value is -3.70. The van der Waals surface area contributed by atoms with Crippen LogP contribution in [-0.4, -0.2) is 6.54 Å². The van der Waals surface area contributed by atoms with Crippen LogP contribution in [0.1, 0.15) is 39.8 Å². The number of halogens is 1. The van der Waals surface area contributed by atoms with E-state index < -0.39 is 0 Å². The van der Waals surface area contributed by atoms with Gasteiger partial charge in [-0.15, -0.1) is 0 Å². The van der Waals surface area contributed by atoms with Crippen LogP contribution < -0.4 is 5.32 Å². The molecule has 1 N–H and O–H groups in total. The smallest absolute Gasteiger partial charge is 0.0991 e. The molecule has 0 bridgehead atoms. The van der Waals surface area contributed by atoms with Gasteiger partial charge in [0, 0.05) is 24.0 Å². The van der Waals surface area contributed by atoms with E-state index in [9.17, 15) is 5.26 Å². The quantitative estimate of drug-likeness (QED) is 0.197. The standard InChI is InChI=1S/C33H30BrN3/c34-33-29(11-5-12-32(33)28-9-2-1-3-10-28)16-13-26-15-18-31(24-37-20-6-19-35)30(22-26)17-14-25-7-4-8-27(21-25)23-36/h1-5,7-12,15,18,21-22,37H,6,13-14,16-17,20,24H2. The van der Waals surface area contributed by atoms with Crippen molar-refractivity contribution in [1.82, 2.24) is 5.32 Å². The van der Waals surface area contributed by atoms with Crippen molar-refractivity contribution < 1.29 is 0 Å². The van der Waals surface area contributed by atoms with Crippen molar-refractivity contribution in [3.63, 3.8) is 0 Å². The fraction of sp³-hybridized carbons (Fsp3) is 0.212. The summed E-state index contributed by atoms with van der Waals surface area (Å²) >= 11 is 3.87. The molecule has 0 aliphatic heterocycles. The summed E-state index contributed by atoms with van der Waals surface area (Å²) in [5, 5.41) is 21.5. The summed E-state index contributed by atoms with van der Waals surface area (Å²) in [7, 11) is 0. The van der Waals surface area contributed by atoms with Gasteiger partial charge in [-0.1, -0.05) is 78.9 Å². The molecule has 0 aliphatic carbocycles. The van der Waals surface area contributed by atoms with Gasteiger partial charge in [0.25, 0.3) is 0 Å². The second kappa shape index (κ2) is 13.6. The molecular weight excluding hydrogens is 518 g/mol. The minimum Gasteiger partial charge on any atom is -0.312 e. The largest absolute Gasteiger partial charge is 0.312 e. The van der Waals surface area contributed by atoms with E-state index >= 15 is 0 Å². The molecule has 4 heteroatoms. The van der Waals surface area contributed by atoms with Crippen LogP contribution in [0.25, 0.3) is 11.1 Å². The van der Waals surface area contributed by atoms with Gasteiger partial charge in [-0.3, -0.25) is 0 Å². The number of nitriles is 2. The van der Waals surface area contributed by atoms with Gasteiger partial charge in [-0.2, -0.15) is 10.5 Å². The summed E-state index contributed by atoms with van der Waals surface area (Å²) in [6, 6.07) is 36.1. The molecule has 0 fully saturated rings. The first-order valence-electron chi connectivity index (χ1n) is 12.7. The molecule has 0 aliphatic rings. The van der Waals surface area contributed by atoms with Crippen LogP contribution in [0, 0.1) is 22.7 Å². The number of nitrogens with one attached hydrogen (secondary N) is 1. The summed E-state index contributed by atoms with van der Waals surface area (Å²) in [5.74, 6) is 0. The Labute approximate surface area is 228 Å². The fourth-order valence-electron chi connectivity index (χ4n) is 4.58. The average Bonchev–Trinajstić information content (AvgIpc) is 2.95. The van der Waals surface area contributed by atoms with E-state index in [4.69, 9.17) is 5.26 Å². The van der Waals surface area contributed by atoms with Crippen LogP contribution >= 0.6 is 15.9 Å². The van der Waals surface area contributed by atoms with E-state index in [0.717, 1.165) is 36.7 Å². The van der Waals surface area contributed by atoms with Crippen LogP contribution in [0.2, 0.25) is 0 Å². The number of nitrogens with zero attached hydrogens (tertiary/aromatic N) is 2. The van der Waals surface area contributed by atoms with E-state index in [0.29, 0.717) is 18.5 Å². The van der Waals surface area contributed by atoms with Gasteiger partial charge in [0.15, 0.2) is 0 Å². The van der Waals surface area contributed by atoms with Crippen molar-refractivity contribution in [2.45, 2.75) is 38.6 Å². The Morgan fingerprint density at radius 1 is 0.676 bits per heavy atom. The third kappa shape index (κ3) is 7.40. The number of rotatable bonds is 11. The Balaban J connectivity index is 1.50. The number of hydrogen-bond donors (Lipinski definition) is 1. The molecule has 0 amide bonds. The maximum absolute atomic E-state index is 9.24. The summed E-state index contributed by atoms with van der Waals surface area (Å²) < 4.78 is 1.16. The molecule has 0 unspecified atom stereocenters. The molecule has 0 aromatic heterocycles. The lowest BCUT2D eigenvalue weighted by Crippen LogP contribution is -2.16. The van der Waals surface area contributed by atoms with Gasteiger partial charge in [-0.25, -0.2) is 0 Å². The number of aryl methyl sites for hydroxylation is 4. The predicted octanol–water partition coefficient (Wildman–Crippen LogP) is 7.56.